The molecule has 210 valence electrons. The van der Waals surface area contributed by atoms with Crippen LogP contribution in [-0.2, 0) is 23.9 Å². The minimum atomic E-state index is -1.26. The zero-order valence-corrected chi connectivity index (χ0v) is 23.9. The number of ketones is 2. The second-order valence-corrected chi connectivity index (χ2v) is 13.3. The maximum atomic E-state index is 14.3. The fraction of sp³-hybridized carbons (Fsp3) is 0.742. The van der Waals surface area contributed by atoms with Crippen LogP contribution in [0.3, 0.4) is 0 Å². The minimum absolute atomic E-state index is 0.0658. The molecule has 4 aliphatic carbocycles. The first-order valence-electron chi connectivity index (χ1n) is 14.1. The number of carboxylic acids is 1. The summed E-state index contributed by atoms with van der Waals surface area (Å²) >= 11 is 0. The monoisotopic (exact) mass is 528 g/mol. The van der Waals surface area contributed by atoms with Crippen LogP contribution in [0.4, 0.5) is 0 Å². The lowest BCUT2D eigenvalue weighted by molar-refractivity contribution is -0.213. The van der Waals surface area contributed by atoms with Gasteiger partial charge in [-0.25, -0.2) is 4.79 Å². The van der Waals surface area contributed by atoms with Gasteiger partial charge in [0.05, 0.1) is 0 Å². The normalized spacial score (nSPS) is 43.5. The fourth-order valence-electron chi connectivity index (χ4n) is 9.37. The molecule has 4 aliphatic rings. The second-order valence-electron chi connectivity index (χ2n) is 13.3. The highest BCUT2D eigenvalue weighted by Crippen LogP contribution is 2.73. The number of carboxylic acid groups (broad SMARTS) is 1. The van der Waals surface area contributed by atoms with Crippen molar-refractivity contribution in [1.82, 2.24) is 0 Å². The molecule has 0 aromatic carbocycles. The van der Waals surface area contributed by atoms with Crippen LogP contribution in [0.5, 0.6) is 0 Å². The van der Waals surface area contributed by atoms with Crippen molar-refractivity contribution in [2.75, 3.05) is 0 Å². The van der Waals surface area contributed by atoms with Crippen LogP contribution in [-0.4, -0.2) is 45.9 Å². The molecule has 9 unspecified atom stereocenters. The van der Waals surface area contributed by atoms with Gasteiger partial charge in [0.25, 0.3) is 0 Å². The summed E-state index contributed by atoms with van der Waals surface area (Å²) in [4.78, 5) is 51.7. The molecule has 4 rings (SSSR count). The van der Waals surface area contributed by atoms with Crippen molar-refractivity contribution in [1.29, 1.82) is 0 Å². The number of rotatable bonds is 5. The van der Waals surface area contributed by atoms with Crippen molar-refractivity contribution in [3.05, 3.63) is 22.8 Å². The number of fused-ring (bicyclic) bond motifs is 5. The van der Waals surface area contributed by atoms with E-state index < -0.39 is 46.3 Å². The molecule has 0 aliphatic heterocycles. The van der Waals surface area contributed by atoms with Gasteiger partial charge in [-0.15, -0.1) is 0 Å². The Labute approximate surface area is 226 Å². The molecular formula is C31H44O7. The number of aliphatic hydroxyl groups excluding tert-OH is 1. The number of carbonyl (C=O) groups excluding carboxylic acids is 3. The molecule has 0 amide bonds. The highest BCUT2D eigenvalue weighted by molar-refractivity contribution is 5.94. The lowest BCUT2D eigenvalue weighted by Crippen LogP contribution is -2.69. The van der Waals surface area contributed by atoms with E-state index in [0.717, 1.165) is 5.57 Å². The summed E-state index contributed by atoms with van der Waals surface area (Å²) in [6.45, 7) is 13.2. The topological polar surface area (TPSA) is 118 Å². The summed E-state index contributed by atoms with van der Waals surface area (Å²) in [6.07, 6.45) is 3.69. The Morgan fingerprint density at radius 2 is 1.76 bits per heavy atom. The van der Waals surface area contributed by atoms with E-state index in [1.807, 2.05) is 40.7 Å². The molecule has 0 aromatic rings. The van der Waals surface area contributed by atoms with Gasteiger partial charge in [-0.3, -0.25) is 14.4 Å². The van der Waals surface area contributed by atoms with Crippen LogP contribution in [0.1, 0.15) is 93.4 Å². The third-order valence-corrected chi connectivity index (χ3v) is 11.2. The van der Waals surface area contributed by atoms with Crippen LogP contribution in [0, 0.1) is 39.9 Å². The predicted molar refractivity (Wildman–Crippen MR) is 142 cm³/mol. The van der Waals surface area contributed by atoms with E-state index in [-0.39, 0.29) is 34.9 Å². The molecule has 38 heavy (non-hydrogen) atoms. The van der Waals surface area contributed by atoms with E-state index in [0.29, 0.717) is 50.5 Å². The average Bonchev–Trinajstić information content (AvgIpc) is 3.09. The lowest BCUT2D eigenvalue weighted by atomic mass is 9.36. The zero-order chi connectivity index (χ0) is 28.4. The minimum Gasteiger partial charge on any atom is -0.478 e. The summed E-state index contributed by atoms with van der Waals surface area (Å²) in [6, 6.07) is 0. The number of aliphatic hydroxyl groups is 1. The van der Waals surface area contributed by atoms with Crippen LogP contribution < -0.4 is 0 Å². The number of aliphatic carboxylic acids is 1. The predicted octanol–water partition coefficient (Wildman–Crippen LogP) is 5.05. The van der Waals surface area contributed by atoms with Crippen LogP contribution >= 0.6 is 0 Å². The van der Waals surface area contributed by atoms with Gasteiger partial charge in [-0.1, -0.05) is 39.3 Å². The summed E-state index contributed by atoms with van der Waals surface area (Å²) in [5.74, 6) is -2.77. The summed E-state index contributed by atoms with van der Waals surface area (Å²) in [5.41, 5.74) is -0.0476. The maximum absolute atomic E-state index is 14.3. The van der Waals surface area contributed by atoms with Crippen molar-refractivity contribution in [2.24, 2.45) is 39.9 Å². The van der Waals surface area contributed by atoms with Gasteiger partial charge in [-0.05, 0) is 80.6 Å². The summed E-state index contributed by atoms with van der Waals surface area (Å²) in [7, 11) is 0. The molecular weight excluding hydrogens is 484 g/mol. The number of Topliss-reactive ketones (excluding diaryl/α,β-unsaturated/α-hetero) is 2. The van der Waals surface area contributed by atoms with Gasteiger partial charge in [0, 0.05) is 36.2 Å². The Hall–Kier alpha value is -2.28. The zero-order valence-electron chi connectivity index (χ0n) is 23.9. The second kappa shape index (κ2) is 9.72. The van der Waals surface area contributed by atoms with E-state index >= 15 is 0 Å². The van der Waals surface area contributed by atoms with Gasteiger partial charge >= 0.3 is 11.9 Å². The van der Waals surface area contributed by atoms with Crippen LogP contribution in [0.15, 0.2) is 22.8 Å². The molecule has 0 bridgehead atoms. The Morgan fingerprint density at radius 1 is 1.11 bits per heavy atom. The highest BCUT2D eigenvalue weighted by atomic mass is 16.5. The smallest absolute Gasteiger partial charge is 0.331 e. The molecule has 2 N–H and O–H groups in total. The Morgan fingerprint density at radius 3 is 2.34 bits per heavy atom. The standard InChI is InChI=1S/C31H44O7/c1-16(2)9-8-10-19(28(36)37)24-20-11-12-23-29(5)14-13-21(33)17(3)25(29)26(34)27(35)31(23,7)30(20,6)15-22(24)38-18(4)32/h9,17,20,22-23,25-26,34H,8,10-15H2,1-7H3,(H,36,37). The van der Waals surface area contributed by atoms with Gasteiger partial charge in [-0.2, -0.15) is 0 Å². The Bertz CT molecular complexity index is 1110. The van der Waals surface area contributed by atoms with Gasteiger partial charge in [0.15, 0.2) is 5.78 Å². The summed E-state index contributed by atoms with van der Waals surface area (Å²) < 4.78 is 5.80. The van der Waals surface area contributed by atoms with Gasteiger partial charge in [0.2, 0.25) is 0 Å². The number of allylic oxidation sites excluding steroid dienone is 2. The number of carbonyl (C=O) groups is 4. The van der Waals surface area contributed by atoms with Crippen molar-refractivity contribution in [3.63, 3.8) is 0 Å². The van der Waals surface area contributed by atoms with Gasteiger partial charge < -0.3 is 14.9 Å². The summed E-state index contributed by atoms with van der Waals surface area (Å²) in [5, 5.41) is 21.8. The quantitative estimate of drug-likeness (QED) is 0.291. The molecule has 7 heteroatoms. The third kappa shape index (κ3) is 4.02. The largest absolute Gasteiger partial charge is 0.478 e. The van der Waals surface area contributed by atoms with Crippen molar-refractivity contribution in [2.45, 2.75) is 106 Å². The average molecular weight is 529 g/mol. The number of ether oxygens (including phenoxy) is 1. The molecule has 0 spiro atoms. The molecule has 7 nitrogen and oxygen atoms in total. The maximum Gasteiger partial charge on any atom is 0.331 e. The van der Waals surface area contributed by atoms with Crippen LogP contribution in [0.2, 0.25) is 0 Å². The van der Waals surface area contributed by atoms with E-state index in [2.05, 4.69) is 6.92 Å². The van der Waals surface area contributed by atoms with E-state index in [9.17, 15) is 29.4 Å². The van der Waals surface area contributed by atoms with Crippen LogP contribution in [0.25, 0.3) is 0 Å². The fourth-order valence-corrected chi connectivity index (χ4v) is 9.37. The first-order valence-corrected chi connectivity index (χ1v) is 14.1. The number of hydrogen-bond donors (Lipinski definition) is 2. The Balaban J connectivity index is 1.86. The highest BCUT2D eigenvalue weighted by Gasteiger charge is 2.73. The molecule has 0 aromatic heterocycles. The van der Waals surface area contributed by atoms with E-state index in [1.54, 1.807) is 0 Å². The number of hydrogen-bond acceptors (Lipinski definition) is 6. The molecule has 0 radical (unpaired) electrons. The van der Waals surface area contributed by atoms with Crippen molar-refractivity contribution in [3.8, 4) is 0 Å². The lowest BCUT2D eigenvalue weighted by Gasteiger charge is -2.67. The molecule has 4 saturated carbocycles. The van der Waals surface area contributed by atoms with E-state index in [4.69, 9.17) is 4.74 Å². The van der Waals surface area contributed by atoms with E-state index in [1.165, 1.54) is 6.92 Å². The Kier molecular flexibility index (Phi) is 7.35. The molecule has 0 saturated heterocycles. The van der Waals surface area contributed by atoms with Gasteiger partial charge in [0.1, 0.15) is 18.0 Å². The molecule has 9 atom stereocenters. The SMILES string of the molecule is CC(=O)OC1CC2(C)C(CCC3C4(C)CCC(=O)C(C)C4C(O)C(=O)C32C)C1=C(CCC=C(C)C)C(=O)O. The first-order chi connectivity index (χ1) is 17.6. The third-order valence-electron chi connectivity index (χ3n) is 11.2. The molecule has 0 heterocycles. The first kappa shape index (κ1) is 28.7. The van der Waals surface area contributed by atoms with Crippen molar-refractivity contribution >= 4 is 23.5 Å². The molecule has 4 fully saturated rings. The number of esters is 1. The van der Waals surface area contributed by atoms with Crippen molar-refractivity contribution < 1.29 is 34.1 Å².